The lowest BCUT2D eigenvalue weighted by Gasteiger charge is -2.32. The van der Waals surface area contributed by atoms with Gasteiger partial charge in [-0.3, -0.25) is 9.59 Å². The SMILES string of the molecule is C[C@H]1CC(=O)N[C@@H](C(=O)N2CCC[C@H]2COc2ccc(F)cc2)C1. The van der Waals surface area contributed by atoms with Crippen molar-refractivity contribution in [1.29, 1.82) is 0 Å². The summed E-state index contributed by atoms with van der Waals surface area (Å²) in [5.41, 5.74) is 0. The summed E-state index contributed by atoms with van der Waals surface area (Å²) in [6.45, 7) is 3.07. The molecule has 5 nitrogen and oxygen atoms in total. The van der Waals surface area contributed by atoms with E-state index in [2.05, 4.69) is 5.32 Å². The minimum atomic E-state index is -0.423. The number of ether oxygens (including phenoxy) is 1. The van der Waals surface area contributed by atoms with E-state index in [9.17, 15) is 14.0 Å². The zero-order valence-corrected chi connectivity index (χ0v) is 13.8. The van der Waals surface area contributed by atoms with E-state index in [0.717, 1.165) is 12.8 Å². The summed E-state index contributed by atoms with van der Waals surface area (Å²) in [5.74, 6) is 0.451. The van der Waals surface area contributed by atoms with Gasteiger partial charge in [-0.2, -0.15) is 0 Å². The van der Waals surface area contributed by atoms with Crippen molar-refractivity contribution in [3.05, 3.63) is 30.1 Å². The molecule has 2 heterocycles. The Hall–Kier alpha value is -2.11. The molecule has 24 heavy (non-hydrogen) atoms. The highest BCUT2D eigenvalue weighted by atomic mass is 19.1. The summed E-state index contributed by atoms with van der Waals surface area (Å²) in [5, 5.41) is 2.81. The fourth-order valence-corrected chi connectivity index (χ4v) is 3.50. The predicted octanol–water partition coefficient (Wildman–Crippen LogP) is 2.11. The lowest BCUT2D eigenvalue weighted by atomic mass is 9.93. The van der Waals surface area contributed by atoms with Gasteiger partial charge in [0, 0.05) is 13.0 Å². The zero-order chi connectivity index (χ0) is 17.1. The zero-order valence-electron chi connectivity index (χ0n) is 13.8. The Kier molecular flexibility index (Phi) is 5.02. The van der Waals surface area contributed by atoms with Gasteiger partial charge in [-0.05, 0) is 49.4 Å². The van der Waals surface area contributed by atoms with Gasteiger partial charge in [0.05, 0.1) is 6.04 Å². The van der Waals surface area contributed by atoms with Gasteiger partial charge in [-0.15, -0.1) is 0 Å². The second kappa shape index (κ2) is 7.20. The number of piperidine rings is 1. The third-order valence-electron chi connectivity index (χ3n) is 4.72. The molecule has 2 amide bonds. The van der Waals surface area contributed by atoms with E-state index in [4.69, 9.17) is 4.74 Å². The number of halogens is 1. The molecular weight excluding hydrogens is 311 g/mol. The van der Waals surface area contributed by atoms with E-state index in [-0.39, 0.29) is 29.6 Å². The molecule has 2 saturated heterocycles. The van der Waals surface area contributed by atoms with Crippen LogP contribution >= 0.6 is 0 Å². The smallest absolute Gasteiger partial charge is 0.245 e. The van der Waals surface area contributed by atoms with Crippen LogP contribution in [0.25, 0.3) is 0 Å². The van der Waals surface area contributed by atoms with Crippen molar-refractivity contribution in [1.82, 2.24) is 10.2 Å². The van der Waals surface area contributed by atoms with Gasteiger partial charge in [0.2, 0.25) is 11.8 Å². The van der Waals surface area contributed by atoms with Crippen LogP contribution in [0.3, 0.4) is 0 Å². The summed E-state index contributed by atoms with van der Waals surface area (Å²) in [6, 6.07) is 5.45. The van der Waals surface area contributed by atoms with Crippen LogP contribution in [-0.4, -0.2) is 41.9 Å². The van der Waals surface area contributed by atoms with Gasteiger partial charge in [0.25, 0.3) is 0 Å². The van der Waals surface area contributed by atoms with E-state index in [1.807, 2.05) is 11.8 Å². The Morgan fingerprint density at radius 2 is 2.12 bits per heavy atom. The van der Waals surface area contributed by atoms with Crippen molar-refractivity contribution in [2.24, 2.45) is 5.92 Å². The van der Waals surface area contributed by atoms with Gasteiger partial charge in [0.15, 0.2) is 0 Å². The number of carbonyl (C=O) groups excluding carboxylic acids is 2. The highest BCUT2D eigenvalue weighted by molar-refractivity contribution is 5.89. The van der Waals surface area contributed by atoms with Crippen LogP contribution in [0, 0.1) is 11.7 Å². The average Bonchev–Trinajstić information content (AvgIpc) is 3.01. The summed E-state index contributed by atoms with van der Waals surface area (Å²) in [4.78, 5) is 26.3. The highest BCUT2D eigenvalue weighted by Crippen LogP contribution is 2.24. The number of benzene rings is 1. The maximum absolute atomic E-state index is 12.9. The Bertz CT molecular complexity index is 605. The first-order valence-electron chi connectivity index (χ1n) is 8.51. The van der Waals surface area contributed by atoms with Crippen LogP contribution in [0.15, 0.2) is 24.3 Å². The molecule has 3 atom stereocenters. The third kappa shape index (κ3) is 3.86. The van der Waals surface area contributed by atoms with Crippen molar-refractivity contribution < 1.29 is 18.7 Å². The fourth-order valence-electron chi connectivity index (χ4n) is 3.50. The molecule has 0 unspecified atom stereocenters. The number of amides is 2. The first-order chi connectivity index (χ1) is 11.5. The minimum Gasteiger partial charge on any atom is -0.491 e. The molecule has 2 aliphatic rings. The number of hydrogen-bond acceptors (Lipinski definition) is 3. The maximum atomic E-state index is 12.9. The molecule has 0 aliphatic carbocycles. The Balaban J connectivity index is 1.59. The first kappa shape index (κ1) is 16.7. The van der Waals surface area contributed by atoms with Gasteiger partial charge in [-0.25, -0.2) is 4.39 Å². The molecule has 0 bridgehead atoms. The predicted molar refractivity (Wildman–Crippen MR) is 87.0 cm³/mol. The molecule has 1 aromatic rings. The Morgan fingerprint density at radius 3 is 2.83 bits per heavy atom. The van der Waals surface area contributed by atoms with Crippen LogP contribution in [0.5, 0.6) is 5.75 Å². The number of carbonyl (C=O) groups is 2. The standard InChI is InChI=1S/C18H23FN2O3/c1-12-9-16(20-17(22)10-12)18(23)21-8-2-3-14(21)11-24-15-6-4-13(19)5-7-15/h4-7,12,14,16H,2-3,8-11H2,1H3,(H,20,22)/t12-,14+,16-/m1/s1. The van der Waals surface area contributed by atoms with Gasteiger partial charge in [-0.1, -0.05) is 6.92 Å². The van der Waals surface area contributed by atoms with E-state index < -0.39 is 6.04 Å². The number of nitrogens with one attached hydrogen (secondary N) is 1. The molecule has 0 aromatic heterocycles. The fraction of sp³-hybridized carbons (Fsp3) is 0.556. The molecule has 1 N–H and O–H groups in total. The largest absolute Gasteiger partial charge is 0.491 e. The summed E-state index contributed by atoms with van der Waals surface area (Å²) < 4.78 is 18.6. The lowest BCUT2D eigenvalue weighted by Crippen LogP contribution is -2.54. The van der Waals surface area contributed by atoms with Crippen LogP contribution in [0.2, 0.25) is 0 Å². The molecule has 0 radical (unpaired) electrons. The summed E-state index contributed by atoms with van der Waals surface area (Å²) >= 11 is 0. The van der Waals surface area contributed by atoms with Crippen molar-refractivity contribution >= 4 is 11.8 Å². The normalized spacial score (nSPS) is 27.0. The Morgan fingerprint density at radius 1 is 1.38 bits per heavy atom. The number of nitrogens with zero attached hydrogens (tertiary/aromatic N) is 1. The second-order valence-corrected chi connectivity index (χ2v) is 6.76. The van der Waals surface area contributed by atoms with E-state index in [1.165, 1.54) is 12.1 Å². The molecule has 0 spiro atoms. The van der Waals surface area contributed by atoms with Crippen molar-refractivity contribution in [3.63, 3.8) is 0 Å². The summed E-state index contributed by atoms with van der Waals surface area (Å²) in [7, 11) is 0. The summed E-state index contributed by atoms with van der Waals surface area (Å²) in [6.07, 6.45) is 2.98. The third-order valence-corrected chi connectivity index (χ3v) is 4.72. The van der Waals surface area contributed by atoms with Crippen molar-refractivity contribution in [2.75, 3.05) is 13.2 Å². The van der Waals surface area contributed by atoms with E-state index in [1.54, 1.807) is 12.1 Å². The minimum absolute atomic E-state index is 0.00307. The Labute approximate surface area is 141 Å². The number of hydrogen-bond donors (Lipinski definition) is 1. The molecule has 0 saturated carbocycles. The van der Waals surface area contributed by atoms with Crippen molar-refractivity contribution in [3.8, 4) is 5.75 Å². The number of likely N-dealkylation sites (tertiary alicyclic amines) is 1. The lowest BCUT2D eigenvalue weighted by molar-refractivity contribution is -0.140. The van der Waals surface area contributed by atoms with E-state index in [0.29, 0.717) is 31.7 Å². The molecule has 2 aliphatic heterocycles. The quantitative estimate of drug-likeness (QED) is 0.917. The van der Waals surface area contributed by atoms with Crippen LogP contribution < -0.4 is 10.1 Å². The number of rotatable bonds is 4. The average molecular weight is 334 g/mol. The maximum Gasteiger partial charge on any atom is 0.245 e. The van der Waals surface area contributed by atoms with E-state index >= 15 is 0 Å². The molecule has 130 valence electrons. The van der Waals surface area contributed by atoms with Crippen LogP contribution in [-0.2, 0) is 9.59 Å². The molecule has 6 heteroatoms. The van der Waals surface area contributed by atoms with Crippen molar-refractivity contribution in [2.45, 2.75) is 44.7 Å². The van der Waals surface area contributed by atoms with Gasteiger partial charge >= 0.3 is 0 Å². The monoisotopic (exact) mass is 334 g/mol. The molecular formula is C18H23FN2O3. The highest BCUT2D eigenvalue weighted by Gasteiger charge is 2.36. The first-order valence-corrected chi connectivity index (χ1v) is 8.51. The van der Waals surface area contributed by atoms with Crippen LogP contribution in [0.4, 0.5) is 4.39 Å². The van der Waals surface area contributed by atoms with Crippen LogP contribution in [0.1, 0.15) is 32.6 Å². The molecule has 1 aromatic carbocycles. The molecule has 2 fully saturated rings. The van der Waals surface area contributed by atoms with Gasteiger partial charge in [0.1, 0.15) is 24.2 Å². The van der Waals surface area contributed by atoms with Gasteiger partial charge < -0.3 is 15.0 Å². The molecule has 3 rings (SSSR count). The second-order valence-electron chi connectivity index (χ2n) is 6.76. The topological polar surface area (TPSA) is 58.6 Å².